The van der Waals surface area contributed by atoms with Crippen molar-refractivity contribution in [3.8, 4) is 5.75 Å². The first-order chi connectivity index (χ1) is 9.17. The molecule has 5 heteroatoms. The number of aryl methyl sites for hydroxylation is 1. The number of benzene rings is 1. The third kappa shape index (κ3) is 2.71. The van der Waals surface area contributed by atoms with Crippen LogP contribution in [0.5, 0.6) is 5.75 Å². The van der Waals surface area contributed by atoms with Crippen LogP contribution in [0, 0.1) is 6.92 Å². The van der Waals surface area contributed by atoms with Gasteiger partial charge in [0.2, 0.25) is 0 Å². The summed E-state index contributed by atoms with van der Waals surface area (Å²) < 4.78 is 15.7. The lowest BCUT2D eigenvalue weighted by Crippen LogP contribution is -2.12. The molecule has 102 valence electrons. The number of methoxy groups -OCH3 is 1. The van der Waals surface area contributed by atoms with Crippen LogP contribution in [0.4, 0.5) is 0 Å². The Bertz CT molecular complexity index is 588. The average Bonchev–Trinajstić information content (AvgIpc) is 2.74. The van der Waals surface area contributed by atoms with Crippen LogP contribution in [-0.2, 0) is 16.0 Å². The van der Waals surface area contributed by atoms with E-state index in [-0.39, 0.29) is 6.61 Å². The zero-order valence-electron chi connectivity index (χ0n) is 11.1. The molecule has 0 bridgehead atoms. The highest BCUT2D eigenvalue weighted by atomic mass is 16.6. The molecule has 0 atom stereocenters. The van der Waals surface area contributed by atoms with Crippen LogP contribution in [-0.4, -0.2) is 26.2 Å². The van der Waals surface area contributed by atoms with Crippen molar-refractivity contribution < 1.29 is 18.7 Å². The predicted molar refractivity (Wildman–Crippen MR) is 71.2 cm³/mol. The molecule has 1 aromatic heterocycles. The summed E-state index contributed by atoms with van der Waals surface area (Å²) in [7, 11) is 1.32. The molecule has 1 heterocycles. The minimum Gasteiger partial charge on any atom is -0.478 e. The minimum atomic E-state index is -0.428. The molecule has 0 radical (unpaired) electrons. The van der Waals surface area contributed by atoms with E-state index >= 15 is 0 Å². The van der Waals surface area contributed by atoms with Crippen molar-refractivity contribution >= 4 is 16.9 Å². The van der Waals surface area contributed by atoms with E-state index in [2.05, 4.69) is 4.74 Å². The Morgan fingerprint density at radius 1 is 1.42 bits per heavy atom. The second-order valence-electron chi connectivity index (χ2n) is 4.17. The van der Waals surface area contributed by atoms with E-state index in [1.807, 2.05) is 19.1 Å². The normalized spacial score (nSPS) is 10.7. The first-order valence-electron chi connectivity index (χ1n) is 6.08. The maximum Gasteiger partial charge on any atom is 0.343 e. The molecule has 2 aromatic rings. The molecule has 2 N–H and O–H groups in total. The number of rotatable bonds is 5. The Kier molecular flexibility index (Phi) is 4.06. The summed E-state index contributed by atoms with van der Waals surface area (Å²) in [4.78, 5) is 11.1. The third-order valence-corrected chi connectivity index (χ3v) is 2.95. The van der Waals surface area contributed by atoms with Gasteiger partial charge in [0.05, 0.1) is 7.11 Å². The molecule has 0 aliphatic rings. The van der Waals surface area contributed by atoms with Crippen molar-refractivity contribution in [2.45, 2.75) is 13.3 Å². The largest absolute Gasteiger partial charge is 0.478 e. The molecule has 0 spiro atoms. The van der Waals surface area contributed by atoms with Gasteiger partial charge in [-0.2, -0.15) is 0 Å². The van der Waals surface area contributed by atoms with Gasteiger partial charge in [-0.1, -0.05) is 12.1 Å². The van der Waals surface area contributed by atoms with Gasteiger partial charge in [0.25, 0.3) is 0 Å². The molecule has 0 unspecified atom stereocenters. The van der Waals surface area contributed by atoms with E-state index < -0.39 is 5.97 Å². The van der Waals surface area contributed by atoms with Crippen molar-refractivity contribution in [2.24, 2.45) is 5.73 Å². The summed E-state index contributed by atoms with van der Waals surface area (Å²) in [5, 5.41) is 0.977. The number of ether oxygens (including phenoxy) is 2. The lowest BCUT2D eigenvalue weighted by molar-refractivity contribution is -0.142. The molecule has 2 rings (SSSR count). The highest BCUT2D eigenvalue weighted by molar-refractivity contribution is 5.87. The SMILES string of the molecule is COC(=O)COc1cccc2c(CCN)c(C)oc12. The Morgan fingerprint density at radius 3 is 2.89 bits per heavy atom. The van der Waals surface area contributed by atoms with Crippen LogP contribution in [0.3, 0.4) is 0 Å². The maximum atomic E-state index is 11.1. The highest BCUT2D eigenvalue weighted by Crippen LogP contribution is 2.32. The molecule has 0 saturated heterocycles. The van der Waals surface area contributed by atoms with Gasteiger partial charge in [-0.3, -0.25) is 0 Å². The fourth-order valence-corrected chi connectivity index (χ4v) is 2.03. The number of furan rings is 1. The number of hydrogen-bond donors (Lipinski definition) is 1. The van der Waals surface area contributed by atoms with Crippen LogP contribution >= 0.6 is 0 Å². The van der Waals surface area contributed by atoms with Crippen molar-refractivity contribution in [1.29, 1.82) is 0 Å². The molecule has 5 nitrogen and oxygen atoms in total. The van der Waals surface area contributed by atoms with E-state index in [0.29, 0.717) is 17.9 Å². The molecule has 0 aliphatic heterocycles. The van der Waals surface area contributed by atoms with Crippen molar-refractivity contribution in [3.05, 3.63) is 29.5 Å². The molecule has 19 heavy (non-hydrogen) atoms. The standard InChI is InChI=1S/C14H17NO4/c1-9-10(6-7-15)11-4-3-5-12(14(11)19-9)18-8-13(16)17-2/h3-5H,6-8,15H2,1-2H3. The summed E-state index contributed by atoms with van der Waals surface area (Å²) >= 11 is 0. The molecule has 0 saturated carbocycles. The molecule has 0 aliphatic carbocycles. The topological polar surface area (TPSA) is 74.7 Å². The number of fused-ring (bicyclic) bond motifs is 1. The summed E-state index contributed by atoms with van der Waals surface area (Å²) in [5.74, 6) is 0.936. The van der Waals surface area contributed by atoms with Gasteiger partial charge in [-0.05, 0) is 26.0 Å². The van der Waals surface area contributed by atoms with Crippen LogP contribution < -0.4 is 10.5 Å². The maximum absolute atomic E-state index is 11.1. The smallest absolute Gasteiger partial charge is 0.343 e. The van der Waals surface area contributed by atoms with Crippen molar-refractivity contribution in [2.75, 3.05) is 20.3 Å². The number of esters is 1. The van der Waals surface area contributed by atoms with Gasteiger partial charge >= 0.3 is 5.97 Å². The summed E-state index contributed by atoms with van der Waals surface area (Å²) in [6.07, 6.45) is 0.749. The van der Waals surface area contributed by atoms with Gasteiger partial charge in [0.15, 0.2) is 17.9 Å². The van der Waals surface area contributed by atoms with Gasteiger partial charge in [0.1, 0.15) is 5.76 Å². The van der Waals surface area contributed by atoms with E-state index in [1.54, 1.807) is 6.07 Å². The number of carbonyl (C=O) groups is 1. The van der Waals surface area contributed by atoms with Gasteiger partial charge in [-0.15, -0.1) is 0 Å². The Hall–Kier alpha value is -2.01. The fraction of sp³-hybridized carbons (Fsp3) is 0.357. The number of nitrogens with two attached hydrogens (primary N) is 1. The number of para-hydroxylation sites is 1. The predicted octanol–water partition coefficient (Wildman–Crippen LogP) is 1.79. The zero-order valence-corrected chi connectivity index (χ0v) is 11.1. The fourth-order valence-electron chi connectivity index (χ4n) is 2.03. The summed E-state index contributed by atoms with van der Waals surface area (Å²) in [5.41, 5.74) is 7.33. The summed E-state index contributed by atoms with van der Waals surface area (Å²) in [6, 6.07) is 5.59. The molecule has 0 amide bonds. The lowest BCUT2D eigenvalue weighted by atomic mass is 10.1. The van der Waals surface area contributed by atoms with Crippen LogP contribution in [0.1, 0.15) is 11.3 Å². The Morgan fingerprint density at radius 2 is 2.21 bits per heavy atom. The third-order valence-electron chi connectivity index (χ3n) is 2.95. The molecule has 0 fully saturated rings. The Balaban J connectivity index is 2.35. The lowest BCUT2D eigenvalue weighted by Gasteiger charge is -2.05. The number of carbonyl (C=O) groups excluding carboxylic acids is 1. The molecular weight excluding hydrogens is 246 g/mol. The molecular formula is C14H17NO4. The second kappa shape index (κ2) is 5.75. The molecule has 1 aromatic carbocycles. The van der Waals surface area contributed by atoms with Gasteiger partial charge in [0, 0.05) is 10.9 Å². The number of hydrogen-bond acceptors (Lipinski definition) is 5. The first-order valence-corrected chi connectivity index (χ1v) is 6.08. The summed E-state index contributed by atoms with van der Waals surface area (Å²) in [6.45, 7) is 2.32. The highest BCUT2D eigenvalue weighted by Gasteiger charge is 2.14. The van der Waals surface area contributed by atoms with E-state index in [4.69, 9.17) is 14.9 Å². The Labute approximate surface area is 111 Å². The first kappa shape index (κ1) is 13.4. The minimum absolute atomic E-state index is 0.137. The zero-order chi connectivity index (χ0) is 13.8. The van der Waals surface area contributed by atoms with Crippen molar-refractivity contribution in [3.63, 3.8) is 0 Å². The quantitative estimate of drug-likeness (QED) is 0.832. The monoisotopic (exact) mass is 263 g/mol. The second-order valence-corrected chi connectivity index (χ2v) is 4.17. The van der Waals surface area contributed by atoms with Crippen LogP contribution in [0.15, 0.2) is 22.6 Å². The van der Waals surface area contributed by atoms with E-state index in [0.717, 1.165) is 23.1 Å². The van der Waals surface area contributed by atoms with Crippen LogP contribution in [0.2, 0.25) is 0 Å². The van der Waals surface area contributed by atoms with E-state index in [9.17, 15) is 4.79 Å². The average molecular weight is 263 g/mol. The van der Waals surface area contributed by atoms with Gasteiger partial charge in [-0.25, -0.2) is 4.79 Å². The van der Waals surface area contributed by atoms with Crippen LogP contribution in [0.25, 0.3) is 11.0 Å². The van der Waals surface area contributed by atoms with Crippen molar-refractivity contribution in [1.82, 2.24) is 0 Å². The van der Waals surface area contributed by atoms with E-state index in [1.165, 1.54) is 7.11 Å². The van der Waals surface area contributed by atoms with Gasteiger partial charge < -0.3 is 19.6 Å².